The second kappa shape index (κ2) is 21.8. The molecule has 6 aliphatic rings. The number of aldehydes is 1. The fourth-order valence-electron chi connectivity index (χ4n) is 9.85. The number of aromatic amines is 2. The molecule has 4 unspecified atom stereocenters. The van der Waals surface area contributed by atoms with E-state index >= 15 is 0 Å². The van der Waals surface area contributed by atoms with Crippen LogP contribution >= 0.6 is 0 Å². The largest absolute Gasteiger partial charge is 0.495 e. The second-order valence-corrected chi connectivity index (χ2v) is 19.1. The van der Waals surface area contributed by atoms with E-state index in [-0.39, 0.29) is 0 Å². The lowest BCUT2D eigenvalue weighted by atomic mass is 9.87. The van der Waals surface area contributed by atoms with E-state index in [1.54, 1.807) is 32.5 Å². The van der Waals surface area contributed by atoms with Crippen LogP contribution in [-0.2, 0) is 19.4 Å². The van der Waals surface area contributed by atoms with E-state index < -0.39 is 0 Å². The first-order chi connectivity index (χ1) is 35.5. The van der Waals surface area contributed by atoms with Gasteiger partial charge in [-0.3, -0.25) is 24.9 Å². The van der Waals surface area contributed by atoms with Gasteiger partial charge in [0, 0.05) is 116 Å². The lowest BCUT2D eigenvalue weighted by Gasteiger charge is -2.56. The lowest BCUT2D eigenvalue weighted by Crippen LogP contribution is -2.68. The van der Waals surface area contributed by atoms with Crippen molar-refractivity contribution in [2.75, 3.05) is 50.2 Å². The summed E-state index contributed by atoms with van der Waals surface area (Å²) in [6.07, 6.45) is 11.7. The Bertz CT molecular complexity index is 3100. The van der Waals surface area contributed by atoms with Crippen molar-refractivity contribution >= 4 is 17.9 Å². The Balaban J connectivity index is 0.000000145. The fourth-order valence-corrected chi connectivity index (χ4v) is 9.85. The Morgan fingerprint density at radius 1 is 0.562 bits per heavy atom. The summed E-state index contributed by atoms with van der Waals surface area (Å²) in [5.74, 6) is 4.93. The number of anilines is 2. The summed E-state index contributed by atoms with van der Waals surface area (Å²) >= 11 is 0. The molecule has 4 atom stereocenters. The Labute approximate surface area is 424 Å². The van der Waals surface area contributed by atoms with Gasteiger partial charge in [0.15, 0.2) is 17.9 Å². The fraction of sp³-hybridized carbons (Fsp3) is 0.352. The van der Waals surface area contributed by atoms with Crippen LogP contribution in [0.2, 0.25) is 0 Å². The van der Waals surface area contributed by atoms with E-state index in [9.17, 15) is 4.79 Å². The number of hydrogen-bond acceptors (Lipinski definition) is 17. The predicted octanol–water partition coefficient (Wildman–Crippen LogP) is 6.26. The minimum Gasteiger partial charge on any atom is -0.495 e. The first kappa shape index (κ1) is 48.6. The Hall–Kier alpha value is -8.03. The maximum atomic E-state index is 10.1. The summed E-state index contributed by atoms with van der Waals surface area (Å²) in [6.45, 7) is 12.9. The molecule has 0 aromatic carbocycles. The number of piperazine rings is 2. The van der Waals surface area contributed by atoms with Crippen molar-refractivity contribution < 1.29 is 14.3 Å². The van der Waals surface area contributed by atoms with Gasteiger partial charge in [-0.2, -0.15) is 10.2 Å². The van der Waals surface area contributed by atoms with Gasteiger partial charge >= 0.3 is 0 Å². The third-order valence-electron chi connectivity index (χ3n) is 13.5. The molecule has 8 aromatic rings. The summed E-state index contributed by atoms with van der Waals surface area (Å²) in [4.78, 5) is 54.0. The Kier molecular flexibility index (Phi) is 14.5. The number of carbonyl (C=O) groups is 1. The number of nitrogens with one attached hydrogen (secondary N) is 3. The topological polar surface area (TPSA) is 218 Å². The van der Waals surface area contributed by atoms with Crippen LogP contribution in [0.1, 0.15) is 74.6 Å². The number of hydrogen-bond donors (Lipinski definition) is 3. The Morgan fingerprint density at radius 3 is 1.51 bits per heavy atom. The predicted molar refractivity (Wildman–Crippen MR) is 277 cm³/mol. The third kappa shape index (κ3) is 11.9. The van der Waals surface area contributed by atoms with Crippen LogP contribution in [0.4, 0.5) is 11.6 Å². The van der Waals surface area contributed by atoms with Crippen LogP contribution < -0.4 is 24.6 Å². The number of rotatable bonds is 13. The van der Waals surface area contributed by atoms with Crippen molar-refractivity contribution in [1.82, 2.24) is 70.5 Å². The molecule has 3 N–H and O–H groups in total. The van der Waals surface area contributed by atoms with E-state index in [0.29, 0.717) is 60.6 Å². The van der Waals surface area contributed by atoms with Crippen LogP contribution in [0.15, 0.2) is 97.6 Å². The zero-order valence-electron chi connectivity index (χ0n) is 42.0. The molecule has 6 saturated heterocycles. The number of nitrogens with zero attached hydrogens (tertiary/aromatic N) is 13. The smallest absolute Gasteiger partial charge is 0.168 e. The molecule has 0 spiro atoms. The number of carbonyl (C=O) groups excluding carboxylic acids is 1. The van der Waals surface area contributed by atoms with Gasteiger partial charge in [0.25, 0.3) is 0 Å². The number of methoxy groups -OCH3 is 2. The molecule has 73 heavy (non-hydrogen) atoms. The maximum Gasteiger partial charge on any atom is 0.168 e. The lowest BCUT2D eigenvalue weighted by molar-refractivity contribution is -0.00969. The normalized spacial score (nSPS) is 18.5. The first-order valence-electron chi connectivity index (χ1n) is 24.6. The number of ether oxygens (including phenoxy) is 2. The molecule has 19 heteroatoms. The molecule has 0 aliphatic carbocycles. The SMILES string of the molecule is COc1ccc(C=O)nc1.COc1ccc(CN2C3CC2CN(c2ccc(-c4nc(C)cc(Cc5cc(C)[nH]n5)n4)cn2)C3)nc1.Cc1cc(Cc2cc(C)[nH]n2)nc(-c2ccc(N3CC4CC(C3)N4)nc2)n1. The van der Waals surface area contributed by atoms with E-state index in [2.05, 4.69) is 95.7 Å². The van der Waals surface area contributed by atoms with E-state index in [1.165, 1.54) is 19.0 Å². The highest BCUT2D eigenvalue weighted by atomic mass is 16.5. The van der Waals surface area contributed by atoms with E-state index in [0.717, 1.165) is 118 Å². The monoisotopic (exact) mass is 981 g/mol. The van der Waals surface area contributed by atoms with Gasteiger partial charge in [0.1, 0.15) is 28.8 Å². The molecule has 6 fully saturated rings. The summed E-state index contributed by atoms with van der Waals surface area (Å²) in [5.41, 5.74) is 11.3. The number of aromatic nitrogens is 12. The first-order valence-corrected chi connectivity index (χ1v) is 24.6. The van der Waals surface area contributed by atoms with Crippen molar-refractivity contribution in [3.05, 3.63) is 155 Å². The standard InChI is InChI=1S/C27H30N8O.C20H23N7.C7H7NO2/c1-17-8-21(10-22-9-18(2)32-33-22)31-27(30-17)19-4-7-26(29-12-19)34-15-23-11-24(16-34)35(23)14-20-5-6-25(36-3)13-28-20;1-12-5-15(7-16-6-13(2)25-26-16)24-20(22-12)14-3-4-19(21-9-14)27-10-17-8-18(11-27)23-17;1-10-7-3-2-6(5-9)8-4-7/h4-9,12-13,23-24H,10-11,14-16H2,1-3H3,(H,32,33);3-6,9,17-18,23H,7-8,10-11H2,1-2H3,(H,25,26);2-5H,1H3. The molecule has 0 amide bonds. The van der Waals surface area contributed by atoms with Crippen LogP contribution in [0.3, 0.4) is 0 Å². The number of fused-ring (bicyclic) bond motifs is 4. The van der Waals surface area contributed by atoms with Gasteiger partial charge in [0.2, 0.25) is 0 Å². The summed E-state index contributed by atoms with van der Waals surface area (Å²) in [5, 5.41) is 18.2. The summed E-state index contributed by atoms with van der Waals surface area (Å²) < 4.78 is 10.1. The van der Waals surface area contributed by atoms with Crippen LogP contribution in [0.25, 0.3) is 22.8 Å². The average molecular weight is 981 g/mol. The van der Waals surface area contributed by atoms with Gasteiger partial charge in [0.05, 0.1) is 55.1 Å². The van der Waals surface area contributed by atoms with Crippen LogP contribution in [0, 0.1) is 27.7 Å². The minimum absolute atomic E-state index is 0.417. The molecule has 4 bridgehead atoms. The van der Waals surface area contributed by atoms with Crippen molar-refractivity contribution in [3.63, 3.8) is 0 Å². The summed E-state index contributed by atoms with van der Waals surface area (Å²) in [7, 11) is 3.22. The quantitative estimate of drug-likeness (QED) is 0.109. The number of H-pyrrole nitrogens is 2. The molecule has 14 rings (SSSR count). The van der Waals surface area contributed by atoms with Crippen molar-refractivity contribution in [2.24, 2.45) is 0 Å². The third-order valence-corrected chi connectivity index (χ3v) is 13.5. The van der Waals surface area contributed by atoms with E-state index in [4.69, 9.17) is 24.4 Å². The highest BCUT2D eigenvalue weighted by Gasteiger charge is 2.45. The minimum atomic E-state index is 0.417. The molecule has 8 aromatic heterocycles. The molecule has 6 aliphatic heterocycles. The van der Waals surface area contributed by atoms with Gasteiger partial charge in [-0.25, -0.2) is 34.9 Å². The Morgan fingerprint density at radius 2 is 1.08 bits per heavy atom. The van der Waals surface area contributed by atoms with Gasteiger partial charge < -0.3 is 24.6 Å². The molecule has 374 valence electrons. The number of aryl methyl sites for hydroxylation is 4. The van der Waals surface area contributed by atoms with Gasteiger partial charge in [-0.1, -0.05) is 0 Å². The molecular weight excluding hydrogens is 921 g/mol. The van der Waals surface area contributed by atoms with Gasteiger partial charge in [-0.05, 0) is 113 Å². The molecule has 0 saturated carbocycles. The highest BCUT2D eigenvalue weighted by molar-refractivity contribution is 5.71. The van der Waals surface area contributed by atoms with Gasteiger partial charge in [-0.15, -0.1) is 0 Å². The molecule has 0 radical (unpaired) electrons. The van der Waals surface area contributed by atoms with Crippen LogP contribution in [-0.4, -0.2) is 136 Å². The van der Waals surface area contributed by atoms with Crippen molar-refractivity contribution in [2.45, 2.75) is 84.1 Å². The number of piperidine rings is 2. The van der Waals surface area contributed by atoms with Crippen molar-refractivity contribution in [1.29, 1.82) is 0 Å². The maximum absolute atomic E-state index is 10.1. The highest BCUT2D eigenvalue weighted by Crippen LogP contribution is 2.36. The zero-order valence-corrected chi connectivity index (χ0v) is 42.0. The molecule has 19 nitrogen and oxygen atoms in total. The average Bonchev–Trinajstić information content (AvgIpc) is 4.03. The van der Waals surface area contributed by atoms with Crippen LogP contribution in [0.5, 0.6) is 11.5 Å². The molecule has 14 heterocycles. The van der Waals surface area contributed by atoms with E-state index in [1.807, 2.05) is 70.4 Å². The molecular formula is C54H60N16O3. The van der Waals surface area contributed by atoms with Crippen molar-refractivity contribution in [3.8, 4) is 34.3 Å². The summed E-state index contributed by atoms with van der Waals surface area (Å²) in [6, 6.07) is 26.1. The zero-order chi connectivity index (χ0) is 50.4. The number of pyridine rings is 4. The second-order valence-electron chi connectivity index (χ2n) is 19.1.